The van der Waals surface area contributed by atoms with Crippen LogP contribution in [0.3, 0.4) is 0 Å². The SMILES string of the molecule is COc1n[nH]c(NS(=O)(=O)N2CCCCCC2)n1. The van der Waals surface area contributed by atoms with Gasteiger partial charge in [0.05, 0.1) is 7.11 Å². The quantitative estimate of drug-likeness (QED) is 0.825. The van der Waals surface area contributed by atoms with Crippen LogP contribution in [0.4, 0.5) is 5.95 Å². The van der Waals surface area contributed by atoms with E-state index < -0.39 is 10.2 Å². The molecule has 8 nitrogen and oxygen atoms in total. The normalized spacial score (nSPS) is 18.3. The average Bonchev–Trinajstić information content (AvgIpc) is 2.62. The summed E-state index contributed by atoms with van der Waals surface area (Å²) < 4.78 is 32.8. The number of rotatable bonds is 4. The third kappa shape index (κ3) is 3.10. The Bertz CT molecular complexity index is 478. The number of nitrogens with zero attached hydrogens (tertiary/aromatic N) is 3. The number of H-pyrrole nitrogens is 1. The van der Waals surface area contributed by atoms with Gasteiger partial charge in [-0.15, -0.1) is 5.10 Å². The van der Waals surface area contributed by atoms with Crippen molar-refractivity contribution in [2.24, 2.45) is 0 Å². The summed E-state index contributed by atoms with van der Waals surface area (Å²) in [5.41, 5.74) is 0. The van der Waals surface area contributed by atoms with Gasteiger partial charge in [-0.25, -0.2) is 9.82 Å². The van der Waals surface area contributed by atoms with Gasteiger partial charge in [0.15, 0.2) is 0 Å². The summed E-state index contributed by atoms with van der Waals surface area (Å²) in [7, 11) is -2.15. The Morgan fingerprint density at radius 1 is 1.28 bits per heavy atom. The Labute approximate surface area is 106 Å². The van der Waals surface area contributed by atoms with Crippen LogP contribution in [0, 0.1) is 0 Å². The van der Waals surface area contributed by atoms with E-state index in [1.54, 1.807) is 0 Å². The highest BCUT2D eigenvalue weighted by Gasteiger charge is 2.24. The zero-order chi connectivity index (χ0) is 13.0. The van der Waals surface area contributed by atoms with Crippen LogP contribution in [0.25, 0.3) is 0 Å². The van der Waals surface area contributed by atoms with Gasteiger partial charge in [0.2, 0.25) is 5.95 Å². The van der Waals surface area contributed by atoms with Gasteiger partial charge in [-0.2, -0.15) is 17.7 Å². The zero-order valence-electron chi connectivity index (χ0n) is 10.2. The van der Waals surface area contributed by atoms with E-state index in [0.29, 0.717) is 13.1 Å². The second kappa shape index (κ2) is 5.53. The van der Waals surface area contributed by atoms with Gasteiger partial charge in [-0.05, 0) is 12.8 Å². The molecule has 18 heavy (non-hydrogen) atoms. The lowest BCUT2D eigenvalue weighted by Crippen LogP contribution is -2.36. The fraction of sp³-hybridized carbons (Fsp3) is 0.778. The van der Waals surface area contributed by atoms with Gasteiger partial charge in [-0.3, -0.25) is 0 Å². The van der Waals surface area contributed by atoms with Crippen LogP contribution < -0.4 is 9.46 Å². The van der Waals surface area contributed by atoms with E-state index in [4.69, 9.17) is 4.74 Å². The lowest BCUT2D eigenvalue weighted by molar-refractivity contribution is 0.382. The van der Waals surface area contributed by atoms with Gasteiger partial charge in [0.1, 0.15) is 0 Å². The molecule has 9 heteroatoms. The predicted molar refractivity (Wildman–Crippen MR) is 65.5 cm³/mol. The third-order valence-electron chi connectivity index (χ3n) is 2.78. The van der Waals surface area contributed by atoms with Gasteiger partial charge >= 0.3 is 16.2 Å². The van der Waals surface area contributed by atoms with Crippen molar-refractivity contribution in [2.45, 2.75) is 25.7 Å². The number of hydrogen-bond donors (Lipinski definition) is 2. The van der Waals surface area contributed by atoms with Gasteiger partial charge < -0.3 is 4.74 Å². The number of nitrogens with one attached hydrogen (secondary N) is 2. The standard InChI is InChI=1S/C9H17N5O3S/c1-17-9-10-8(11-12-9)13-18(15,16)14-6-4-2-3-5-7-14/h2-7H2,1H3,(H2,10,11,12,13). The smallest absolute Gasteiger partial charge is 0.336 e. The van der Waals surface area contributed by atoms with Crippen LogP contribution in [0.1, 0.15) is 25.7 Å². The maximum atomic E-state index is 12.1. The van der Waals surface area contributed by atoms with Crippen molar-refractivity contribution in [3.8, 4) is 6.01 Å². The zero-order valence-corrected chi connectivity index (χ0v) is 11.0. The Morgan fingerprint density at radius 2 is 1.94 bits per heavy atom. The van der Waals surface area contributed by atoms with Crippen LogP contribution in [-0.4, -0.2) is 48.1 Å². The largest absolute Gasteiger partial charge is 0.466 e. The number of aromatic amines is 1. The maximum Gasteiger partial charge on any atom is 0.336 e. The third-order valence-corrected chi connectivity index (χ3v) is 4.27. The molecule has 1 saturated heterocycles. The first-order valence-electron chi connectivity index (χ1n) is 5.86. The fourth-order valence-electron chi connectivity index (χ4n) is 1.85. The van der Waals surface area contributed by atoms with Crippen LogP contribution in [0.5, 0.6) is 6.01 Å². The lowest BCUT2D eigenvalue weighted by Gasteiger charge is -2.19. The monoisotopic (exact) mass is 275 g/mol. The summed E-state index contributed by atoms with van der Waals surface area (Å²) in [5, 5.41) is 6.14. The van der Waals surface area contributed by atoms with Gasteiger partial charge in [0.25, 0.3) is 0 Å². The molecule has 0 radical (unpaired) electrons. The Kier molecular flexibility index (Phi) is 4.02. The van der Waals surface area contributed by atoms with Crippen molar-refractivity contribution >= 4 is 16.2 Å². The first kappa shape index (κ1) is 13.1. The maximum absolute atomic E-state index is 12.1. The molecule has 0 amide bonds. The highest BCUT2D eigenvalue weighted by molar-refractivity contribution is 7.90. The minimum atomic E-state index is -3.56. The molecule has 0 atom stereocenters. The Hall–Kier alpha value is -1.35. The minimum Gasteiger partial charge on any atom is -0.466 e. The van der Waals surface area contributed by atoms with Crippen LogP contribution in [0.2, 0.25) is 0 Å². The topological polar surface area (TPSA) is 100 Å². The molecule has 2 rings (SSSR count). The van der Waals surface area contributed by atoms with Crippen molar-refractivity contribution in [1.82, 2.24) is 19.5 Å². The van der Waals surface area contributed by atoms with Crippen molar-refractivity contribution in [1.29, 1.82) is 0 Å². The van der Waals surface area contributed by atoms with E-state index in [0.717, 1.165) is 25.7 Å². The molecule has 1 aromatic heterocycles. The van der Waals surface area contributed by atoms with E-state index >= 15 is 0 Å². The average molecular weight is 275 g/mol. The highest BCUT2D eigenvalue weighted by atomic mass is 32.2. The van der Waals surface area contributed by atoms with Crippen LogP contribution >= 0.6 is 0 Å². The van der Waals surface area contributed by atoms with E-state index in [2.05, 4.69) is 19.9 Å². The number of anilines is 1. The molecule has 1 aliphatic rings. The molecule has 0 aliphatic carbocycles. The molecular formula is C9H17N5O3S. The number of ether oxygens (including phenoxy) is 1. The molecule has 0 saturated carbocycles. The molecule has 102 valence electrons. The van der Waals surface area contributed by atoms with E-state index in [1.807, 2.05) is 0 Å². The molecule has 0 unspecified atom stereocenters. The first-order valence-corrected chi connectivity index (χ1v) is 7.30. The highest BCUT2D eigenvalue weighted by Crippen LogP contribution is 2.15. The van der Waals surface area contributed by atoms with E-state index in [9.17, 15) is 8.42 Å². The second-order valence-electron chi connectivity index (χ2n) is 4.09. The molecule has 1 aromatic rings. The Balaban J connectivity index is 2.05. The molecule has 1 fully saturated rings. The molecular weight excluding hydrogens is 258 g/mol. The molecule has 0 spiro atoms. The number of hydrogen-bond acceptors (Lipinski definition) is 5. The van der Waals surface area contributed by atoms with Crippen LogP contribution in [0.15, 0.2) is 0 Å². The summed E-state index contributed by atoms with van der Waals surface area (Å²) in [6, 6.07) is 0.101. The minimum absolute atomic E-state index is 0.0658. The lowest BCUT2D eigenvalue weighted by atomic mass is 10.2. The fourth-order valence-corrected chi connectivity index (χ4v) is 3.06. The predicted octanol–water partition coefficient (Wildman–Crippen LogP) is 0.346. The van der Waals surface area contributed by atoms with Gasteiger partial charge in [0, 0.05) is 13.1 Å². The summed E-state index contributed by atoms with van der Waals surface area (Å²) in [6.45, 7) is 1.08. The Morgan fingerprint density at radius 3 is 2.50 bits per heavy atom. The molecule has 1 aliphatic heterocycles. The molecule has 0 bridgehead atoms. The van der Waals surface area contributed by atoms with E-state index in [-0.39, 0.29) is 12.0 Å². The van der Waals surface area contributed by atoms with E-state index in [1.165, 1.54) is 11.4 Å². The summed E-state index contributed by atoms with van der Waals surface area (Å²) in [4.78, 5) is 3.83. The van der Waals surface area contributed by atoms with Crippen molar-refractivity contribution < 1.29 is 13.2 Å². The van der Waals surface area contributed by atoms with Crippen molar-refractivity contribution in [3.63, 3.8) is 0 Å². The summed E-state index contributed by atoms with van der Waals surface area (Å²) >= 11 is 0. The van der Waals surface area contributed by atoms with Crippen LogP contribution in [-0.2, 0) is 10.2 Å². The number of aromatic nitrogens is 3. The molecule has 2 heterocycles. The number of methoxy groups -OCH3 is 1. The molecule has 2 N–H and O–H groups in total. The van der Waals surface area contributed by atoms with Crippen molar-refractivity contribution in [2.75, 3.05) is 24.9 Å². The summed E-state index contributed by atoms with van der Waals surface area (Å²) in [6.07, 6.45) is 3.92. The molecule has 0 aromatic carbocycles. The first-order chi connectivity index (χ1) is 8.62. The second-order valence-corrected chi connectivity index (χ2v) is 5.76. The summed E-state index contributed by atoms with van der Waals surface area (Å²) in [5.74, 6) is 0.0658. The van der Waals surface area contributed by atoms with Gasteiger partial charge in [-0.1, -0.05) is 12.8 Å². The van der Waals surface area contributed by atoms with Crippen molar-refractivity contribution in [3.05, 3.63) is 0 Å².